The molecule has 0 atom stereocenters. The number of pyridine rings is 4. The second-order valence-corrected chi connectivity index (χ2v) is 12.0. The predicted molar refractivity (Wildman–Crippen MR) is 177 cm³/mol. The molecule has 5 aromatic rings. The molecule has 8 heteroatoms. The number of carbonyl (C=O) groups excluding carboxylic acids is 1. The van der Waals surface area contributed by atoms with Gasteiger partial charge in [-0.25, -0.2) is 4.98 Å². The first kappa shape index (κ1) is 30.1. The van der Waals surface area contributed by atoms with Gasteiger partial charge in [0.25, 0.3) is 0 Å². The van der Waals surface area contributed by atoms with Gasteiger partial charge in [0, 0.05) is 79.0 Å². The van der Waals surface area contributed by atoms with Gasteiger partial charge in [-0.1, -0.05) is 35.9 Å². The minimum Gasteiger partial charge on any atom is -0.383 e. The van der Waals surface area contributed by atoms with E-state index in [1.165, 1.54) is 0 Å². The van der Waals surface area contributed by atoms with Gasteiger partial charge in [-0.3, -0.25) is 19.6 Å². The first-order chi connectivity index (χ1) is 21.7. The number of ether oxygens (including phenoxy) is 1. The van der Waals surface area contributed by atoms with Gasteiger partial charge in [0.1, 0.15) is 5.82 Å². The van der Waals surface area contributed by atoms with Crippen molar-refractivity contribution in [1.82, 2.24) is 19.5 Å². The fraction of sp³-hybridized carbons (Fsp3) is 0.270. The van der Waals surface area contributed by atoms with E-state index in [9.17, 15) is 9.59 Å². The van der Waals surface area contributed by atoms with Crippen LogP contribution in [0.15, 0.2) is 84.2 Å². The topological polar surface area (TPSA) is 113 Å². The van der Waals surface area contributed by atoms with Crippen molar-refractivity contribution in [1.29, 1.82) is 0 Å². The quantitative estimate of drug-likeness (QED) is 0.206. The average molecular weight is 600 g/mol. The second kappa shape index (κ2) is 13.0. The van der Waals surface area contributed by atoms with E-state index in [4.69, 9.17) is 10.5 Å². The summed E-state index contributed by atoms with van der Waals surface area (Å²) in [5.74, 6) is 0.560. The molecule has 2 N–H and O–H groups in total. The fourth-order valence-corrected chi connectivity index (χ4v) is 5.91. The van der Waals surface area contributed by atoms with Crippen molar-refractivity contribution in [2.24, 2.45) is 5.92 Å². The number of Topliss-reactive ketones (excluding diaryl/α,β-unsaturated/α-hetero) is 1. The molecule has 1 fully saturated rings. The molecule has 4 aromatic heterocycles. The Morgan fingerprint density at radius 3 is 2.29 bits per heavy atom. The third-order valence-electron chi connectivity index (χ3n) is 8.35. The molecular weight excluding hydrogens is 562 g/mol. The Kier molecular flexibility index (Phi) is 8.67. The van der Waals surface area contributed by atoms with Gasteiger partial charge in [-0.15, -0.1) is 0 Å². The third-order valence-corrected chi connectivity index (χ3v) is 8.35. The minimum absolute atomic E-state index is 0.0560. The van der Waals surface area contributed by atoms with Gasteiger partial charge in [0.2, 0.25) is 0 Å². The molecule has 1 aliphatic rings. The molecule has 5 heterocycles. The highest BCUT2D eigenvalue weighted by Crippen LogP contribution is 2.29. The van der Waals surface area contributed by atoms with Crippen LogP contribution in [0.5, 0.6) is 0 Å². The van der Waals surface area contributed by atoms with Crippen LogP contribution in [0.3, 0.4) is 0 Å². The Morgan fingerprint density at radius 1 is 0.867 bits per heavy atom. The van der Waals surface area contributed by atoms with E-state index in [1.54, 1.807) is 18.6 Å². The van der Waals surface area contributed by atoms with Gasteiger partial charge in [0.05, 0.1) is 11.3 Å². The smallest absolute Gasteiger partial charge is 0.200 e. The molecular formula is C37H37N5O3. The zero-order chi connectivity index (χ0) is 31.5. The molecule has 0 amide bonds. The molecule has 45 heavy (non-hydrogen) atoms. The number of aryl methyl sites for hydroxylation is 3. The number of anilines is 1. The maximum Gasteiger partial charge on any atom is 0.200 e. The summed E-state index contributed by atoms with van der Waals surface area (Å²) < 4.78 is 7.54. The lowest BCUT2D eigenvalue weighted by Gasteiger charge is -2.23. The molecule has 8 nitrogen and oxygen atoms in total. The van der Waals surface area contributed by atoms with Crippen molar-refractivity contribution in [2.75, 3.05) is 18.9 Å². The Balaban J connectivity index is 1.27. The van der Waals surface area contributed by atoms with Gasteiger partial charge in [-0.05, 0) is 80.5 Å². The van der Waals surface area contributed by atoms with E-state index in [-0.39, 0.29) is 23.2 Å². The average Bonchev–Trinajstić information content (AvgIpc) is 3.03. The molecule has 1 aromatic carbocycles. The van der Waals surface area contributed by atoms with E-state index in [0.717, 1.165) is 66.2 Å². The highest BCUT2D eigenvalue weighted by Gasteiger charge is 2.20. The standard InChI is InChI=1S/C37H37N5O3/c1-23-4-7-28(8-5-23)32-21-42(20-26-10-12-45-13-11-26)22-33(36(32)44)35(43)16-27-6-9-34(39-18-27)31-17-30(19-40-37(31)38)29-14-24(2)41-25(3)15-29/h4-9,14-15,17-19,21-22,26H,10-13,16,20H2,1-3H3,(H2,38,40). The van der Waals surface area contributed by atoms with Crippen LogP contribution in [0.1, 0.15) is 45.7 Å². The van der Waals surface area contributed by atoms with Crippen LogP contribution >= 0.6 is 0 Å². The SMILES string of the molecule is Cc1ccc(-c2cn(CC3CCOCC3)cc(C(=O)Cc3ccc(-c4cc(-c5cc(C)nc(C)c5)cnc4N)nc3)c2=O)cc1. The molecule has 6 rings (SSSR count). The van der Waals surface area contributed by atoms with Crippen molar-refractivity contribution in [3.05, 3.63) is 118 Å². The summed E-state index contributed by atoms with van der Waals surface area (Å²) in [5, 5.41) is 0. The summed E-state index contributed by atoms with van der Waals surface area (Å²) in [4.78, 5) is 40.9. The van der Waals surface area contributed by atoms with Crippen LogP contribution in [0, 0.1) is 26.7 Å². The highest BCUT2D eigenvalue weighted by atomic mass is 16.5. The van der Waals surface area contributed by atoms with Crippen molar-refractivity contribution in [3.63, 3.8) is 0 Å². The van der Waals surface area contributed by atoms with Gasteiger partial charge < -0.3 is 15.0 Å². The lowest BCUT2D eigenvalue weighted by atomic mass is 9.97. The van der Waals surface area contributed by atoms with E-state index < -0.39 is 0 Å². The summed E-state index contributed by atoms with van der Waals surface area (Å²) >= 11 is 0. The molecule has 228 valence electrons. The van der Waals surface area contributed by atoms with Crippen LogP contribution in [0.25, 0.3) is 33.5 Å². The summed E-state index contributed by atoms with van der Waals surface area (Å²) in [6.45, 7) is 8.13. The molecule has 1 saturated heterocycles. The molecule has 0 aliphatic carbocycles. The number of hydrogen-bond donors (Lipinski definition) is 1. The molecule has 0 radical (unpaired) electrons. The Morgan fingerprint density at radius 2 is 1.60 bits per heavy atom. The number of benzene rings is 1. The number of aromatic nitrogens is 4. The Hall–Kier alpha value is -4.95. The van der Waals surface area contributed by atoms with Crippen molar-refractivity contribution in [3.8, 4) is 33.5 Å². The molecule has 1 aliphatic heterocycles. The highest BCUT2D eigenvalue weighted by molar-refractivity contribution is 5.98. The lowest BCUT2D eigenvalue weighted by molar-refractivity contribution is 0.0612. The van der Waals surface area contributed by atoms with Crippen molar-refractivity contribution >= 4 is 11.6 Å². The Labute approximate surface area is 263 Å². The number of hydrogen-bond acceptors (Lipinski definition) is 7. The first-order valence-corrected chi connectivity index (χ1v) is 15.3. The van der Waals surface area contributed by atoms with Crippen LogP contribution in [0.4, 0.5) is 5.82 Å². The van der Waals surface area contributed by atoms with Gasteiger partial charge in [0.15, 0.2) is 11.2 Å². The molecule has 0 bridgehead atoms. The van der Waals surface area contributed by atoms with Crippen molar-refractivity contribution < 1.29 is 9.53 Å². The predicted octanol–water partition coefficient (Wildman–Crippen LogP) is 6.39. The summed E-state index contributed by atoms with van der Waals surface area (Å²) in [6.07, 6.45) is 9.00. The van der Waals surface area contributed by atoms with Crippen LogP contribution < -0.4 is 11.2 Å². The van der Waals surface area contributed by atoms with Crippen LogP contribution in [-0.4, -0.2) is 38.5 Å². The van der Waals surface area contributed by atoms with Gasteiger partial charge >= 0.3 is 0 Å². The second-order valence-electron chi connectivity index (χ2n) is 12.0. The Bertz CT molecular complexity index is 1890. The maximum absolute atomic E-state index is 13.7. The number of nitrogens with two attached hydrogens (primary N) is 1. The molecule has 0 spiro atoms. The first-order valence-electron chi connectivity index (χ1n) is 15.3. The van der Waals surface area contributed by atoms with Crippen LogP contribution in [0.2, 0.25) is 0 Å². The van der Waals surface area contributed by atoms with E-state index in [2.05, 4.69) is 15.0 Å². The van der Waals surface area contributed by atoms with Gasteiger partial charge in [-0.2, -0.15) is 0 Å². The number of ketones is 1. The monoisotopic (exact) mass is 599 g/mol. The zero-order valence-electron chi connectivity index (χ0n) is 25.9. The fourth-order valence-electron chi connectivity index (χ4n) is 5.91. The lowest BCUT2D eigenvalue weighted by Crippen LogP contribution is -2.25. The number of rotatable bonds is 8. The maximum atomic E-state index is 13.7. The van der Waals surface area contributed by atoms with E-state index in [1.807, 2.05) is 86.1 Å². The van der Waals surface area contributed by atoms with E-state index in [0.29, 0.717) is 34.1 Å². The minimum atomic E-state index is -0.256. The molecule has 0 saturated carbocycles. The normalized spacial score (nSPS) is 13.6. The van der Waals surface area contributed by atoms with Crippen molar-refractivity contribution in [2.45, 2.75) is 46.6 Å². The van der Waals surface area contributed by atoms with E-state index >= 15 is 0 Å². The largest absolute Gasteiger partial charge is 0.383 e. The number of carbonyl (C=O) groups is 1. The summed E-state index contributed by atoms with van der Waals surface area (Å²) in [6, 6.07) is 17.5. The number of nitrogens with zero attached hydrogens (tertiary/aromatic N) is 4. The molecule has 0 unspecified atom stereocenters. The summed E-state index contributed by atoms with van der Waals surface area (Å²) in [7, 11) is 0. The number of nitrogen functional groups attached to an aromatic ring is 1. The van der Waals surface area contributed by atoms with Crippen LogP contribution in [-0.2, 0) is 17.7 Å². The summed E-state index contributed by atoms with van der Waals surface area (Å²) in [5.41, 5.74) is 14.5. The third kappa shape index (κ3) is 6.91. The zero-order valence-corrected chi connectivity index (χ0v) is 25.9.